The number of halogens is 3. The molecule has 1 aromatic heterocycles. The third-order valence-corrected chi connectivity index (χ3v) is 6.82. The van der Waals surface area contributed by atoms with E-state index in [1.807, 2.05) is 25.7 Å². The van der Waals surface area contributed by atoms with E-state index in [2.05, 4.69) is 20.2 Å². The predicted octanol–water partition coefficient (Wildman–Crippen LogP) is 4.22. The fraction of sp³-hybridized carbons (Fsp3) is 0.542. The second-order valence-electron chi connectivity index (χ2n) is 9.20. The van der Waals surface area contributed by atoms with Crippen LogP contribution in [0.3, 0.4) is 0 Å². The molecule has 2 aromatic rings. The topological polar surface area (TPSA) is 61.4 Å². The van der Waals surface area contributed by atoms with Crippen molar-refractivity contribution >= 4 is 23.3 Å². The SMILES string of the molecule is CC(C)NCC(C(=O)N1CCN(c2ncnc3c2[C@H](C)C[C@H]3F)CC1)c1ccc(Cl)c(F)c1. The highest BCUT2D eigenvalue weighted by Crippen LogP contribution is 2.44. The van der Waals surface area contributed by atoms with Crippen LogP contribution in [0.15, 0.2) is 24.5 Å². The van der Waals surface area contributed by atoms with Crippen molar-refractivity contribution in [3.05, 3.63) is 52.2 Å². The first kappa shape index (κ1) is 23.8. The lowest BCUT2D eigenvalue weighted by Crippen LogP contribution is -2.51. The number of anilines is 1. The molecule has 1 unspecified atom stereocenters. The highest BCUT2D eigenvalue weighted by molar-refractivity contribution is 6.30. The maximum atomic E-state index is 14.3. The number of nitrogens with one attached hydrogen (secondary N) is 1. The quantitative estimate of drug-likeness (QED) is 0.675. The number of aromatic nitrogens is 2. The van der Waals surface area contributed by atoms with Crippen molar-refractivity contribution in [2.45, 2.75) is 51.2 Å². The first-order valence-electron chi connectivity index (χ1n) is 11.5. The zero-order chi connectivity index (χ0) is 23.7. The van der Waals surface area contributed by atoms with E-state index in [9.17, 15) is 13.6 Å². The van der Waals surface area contributed by atoms with Crippen molar-refractivity contribution in [3.8, 4) is 0 Å². The molecule has 3 atom stereocenters. The minimum absolute atomic E-state index is 0.0394. The molecule has 0 bridgehead atoms. The van der Waals surface area contributed by atoms with E-state index < -0.39 is 17.9 Å². The largest absolute Gasteiger partial charge is 0.353 e. The highest BCUT2D eigenvalue weighted by Gasteiger charge is 2.35. The van der Waals surface area contributed by atoms with Crippen LogP contribution in [0.4, 0.5) is 14.6 Å². The van der Waals surface area contributed by atoms with Gasteiger partial charge < -0.3 is 15.1 Å². The van der Waals surface area contributed by atoms with Gasteiger partial charge in [-0.1, -0.05) is 38.4 Å². The van der Waals surface area contributed by atoms with Crippen molar-refractivity contribution in [2.75, 3.05) is 37.6 Å². The maximum Gasteiger partial charge on any atom is 0.231 e. The molecule has 1 aliphatic carbocycles. The van der Waals surface area contributed by atoms with Crippen LogP contribution in [0, 0.1) is 5.82 Å². The predicted molar refractivity (Wildman–Crippen MR) is 125 cm³/mol. The lowest BCUT2D eigenvalue weighted by atomic mass is 9.96. The third-order valence-electron chi connectivity index (χ3n) is 6.51. The number of hydrogen-bond donors (Lipinski definition) is 1. The summed E-state index contributed by atoms with van der Waals surface area (Å²) in [6.07, 6.45) is 0.814. The fourth-order valence-corrected chi connectivity index (χ4v) is 4.82. The first-order valence-corrected chi connectivity index (χ1v) is 11.8. The Morgan fingerprint density at radius 3 is 2.64 bits per heavy atom. The molecule has 1 amide bonds. The molecule has 1 N–H and O–H groups in total. The Hall–Kier alpha value is -2.32. The number of carbonyl (C=O) groups is 1. The van der Waals surface area contributed by atoms with E-state index in [1.165, 1.54) is 18.5 Å². The fourth-order valence-electron chi connectivity index (χ4n) is 4.70. The minimum atomic E-state index is -1.05. The van der Waals surface area contributed by atoms with Gasteiger partial charge in [0.15, 0.2) is 0 Å². The summed E-state index contributed by atoms with van der Waals surface area (Å²) in [5, 5.41) is 3.34. The Labute approximate surface area is 198 Å². The molecule has 1 fully saturated rings. The highest BCUT2D eigenvalue weighted by atomic mass is 35.5. The molecule has 1 aliphatic heterocycles. The lowest BCUT2D eigenvalue weighted by Gasteiger charge is -2.38. The Bertz CT molecular complexity index is 1010. The number of hydrogen-bond acceptors (Lipinski definition) is 5. The van der Waals surface area contributed by atoms with Gasteiger partial charge in [0.05, 0.1) is 16.6 Å². The van der Waals surface area contributed by atoms with E-state index in [-0.39, 0.29) is 22.9 Å². The molecule has 9 heteroatoms. The summed E-state index contributed by atoms with van der Waals surface area (Å²) >= 11 is 5.85. The van der Waals surface area contributed by atoms with Gasteiger partial charge >= 0.3 is 0 Å². The van der Waals surface area contributed by atoms with Gasteiger partial charge in [-0.15, -0.1) is 0 Å². The van der Waals surface area contributed by atoms with Gasteiger partial charge in [-0.3, -0.25) is 4.79 Å². The summed E-state index contributed by atoms with van der Waals surface area (Å²) in [4.78, 5) is 26.0. The van der Waals surface area contributed by atoms with Crippen LogP contribution in [0.1, 0.15) is 62.0 Å². The van der Waals surface area contributed by atoms with E-state index in [0.717, 1.165) is 11.4 Å². The smallest absolute Gasteiger partial charge is 0.231 e. The number of fused-ring (bicyclic) bond motifs is 1. The van der Waals surface area contributed by atoms with Crippen LogP contribution in [0.25, 0.3) is 0 Å². The van der Waals surface area contributed by atoms with Crippen LogP contribution in [-0.2, 0) is 4.79 Å². The van der Waals surface area contributed by atoms with Crippen molar-refractivity contribution in [1.82, 2.24) is 20.2 Å². The zero-order valence-electron chi connectivity index (χ0n) is 19.2. The molecule has 33 heavy (non-hydrogen) atoms. The standard InChI is InChI=1S/C24H30ClF2N5O/c1-14(2)28-12-17(16-4-5-18(25)19(26)11-16)24(33)32-8-6-31(7-9-32)23-21-15(3)10-20(27)22(21)29-13-30-23/h4-5,11,13-15,17,20,28H,6-10,12H2,1-3H3/t15-,17?,20-/m1/s1. The van der Waals surface area contributed by atoms with E-state index >= 15 is 0 Å². The molecule has 0 radical (unpaired) electrons. The van der Waals surface area contributed by atoms with Crippen molar-refractivity contribution in [2.24, 2.45) is 0 Å². The van der Waals surface area contributed by atoms with E-state index in [0.29, 0.717) is 50.4 Å². The Balaban J connectivity index is 1.49. The maximum absolute atomic E-state index is 14.3. The normalized spacial score (nSPS) is 21.4. The van der Waals surface area contributed by atoms with Gasteiger partial charge in [0, 0.05) is 44.3 Å². The number of rotatable bonds is 6. The minimum Gasteiger partial charge on any atom is -0.353 e. The second-order valence-corrected chi connectivity index (χ2v) is 9.61. The number of benzene rings is 1. The number of amides is 1. The zero-order valence-corrected chi connectivity index (χ0v) is 19.9. The Morgan fingerprint density at radius 2 is 1.97 bits per heavy atom. The molecular formula is C24H30ClF2N5O. The lowest BCUT2D eigenvalue weighted by molar-refractivity contribution is -0.133. The summed E-state index contributed by atoms with van der Waals surface area (Å²) < 4.78 is 28.4. The van der Waals surface area contributed by atoms with Gasteiger partial charge in [0.2, 0.25) is 5.91 Å². The summed E-state index contributed by atoms with van der Waals surface area (Å²) in [5.41, 5.74) is 1.99. The number of alkyl halides is 1. The van der Waals surface area contributed by atoms with Gasteiger partial charge in [-0.25, -0.2) is 18.7 Å². The van der Waals surface area contributed by atoms with Crippen LogP contribution in [-0.4, -0.2) is 59.5 Å². The number of nitrogens with zero attached hydrogens (tertiary/aromatic N) is 4. The molecule has 0 spiro atoms. The summed E-state index contributed by atoms with van der Waals surface area (Å²) in [6, 6.07) is 4.75. The molecule has 4 rings (SSSR count). The molecule has 178 valence electrons. The first-order chi connectivity index (χ1) is 15.8. The van der Waals surface area contributed by atoms with Crippen LogP contribution < -0.4 is 10.2 Å². The van der Waals surface area contributed by atoms with Crippen LogP contribution >= 0.6 is 11.6 Å². The van der Waals surface area contributed by atoms with Gasteiger partial charge in [0.25, 0.3) is 0 Å². The van der Waals surface area contributed by atoms with E-state index in [4.69, 9.17) is 11.6 Å². The second kappa shape index (κ2) is 9.89. The van der Waals surface area contributed by atoms with Crippen molar-refractivity contribution in [1.29, 1.82) is 0 Å². The molecule has 2 heterocycles. The van der Waals surface area contributed by atoms with Gasteiger partial charge in [-0.05, 0) is 30.0 Å². The number of piperazine rings is 1. The summed E-state index contributed by atoms with van der Waals surface area (Å²) in [7, 11) is 0. The average Bonchev–Trinajstić information content (AvgIpc) is 3.09. The van der Waals surface area contributed by atoms with Gasteiger partial charge in [0.1, 0.15) is 24.1 Å². The molecule has 0 saturated carbocycles. The number of carbonyl (C=O) groups excluding carboxylic acids is 1. The average molecular weight is 478 g/mol. The van der Waals surface area contributed by atoms with Crippen LogP contribution in [0.2, 0.25) is 5.02 Å². The molecular weight excluding hydrogens is 448 g/mol. The van der Waals surface area contributed by atoms with Crippen molar-refractivity contribution in [3.63, 3.8) is 0 Å². The molecule has 1 saturated heterocycles. The Kier molecular flexibility index (Phi) is 7.14. The summed E-state index contributed by atoms with van der Waals surface area (Å²) in [5.74, 6) is -0.245. The van der Waals surface area contributed by atoms with Gasteiger partial charge in [-0.2, -0.15) is 0 Å². The molecule has 1 aromatic carbocycles. The van der Waals surface area contributed by atoms with Crippen molar-refractivity contribution < 1.29 is 13.6 Å². The Morgan fingerprint density at radius 1 is 1.24 bits per heavy atom. The molecule has 2 aliphatic rings. The third kappa shape index (κ3) is 4.96. The summed E-state index contributed by atoms with van der Waals surface area (Å²) in [6.45, 7) is 8.64. The monoisotopic (exact) mass is 477 g/mol. The van der Waals surface area contributed by atoms with Crippen LogP contribution in [0.5, 0.6) is 0 Å². The van der Waals surface area contributed by atoms with E-state index in [1.54, 1.807) is 6.07 Å². The molecule has 6 nitrogen and oxygen atoms in total.